The van der Waals surface area contributed by atoms with Crippen LogP contribution in [-0.2, 0) is 0 Å². The van der Waals surface area contributed by atoms with Crippen molar-refractivity contribution in [3.05, 3.63) is 77.5 Å². The Bertz CT molecular complexity index is 948. The molecule has 3 aromatic rings. The Morgan fingerprint density at radius 2 is 1.42 bits per heavy atom. The van der Waals surface area contributed by atoms with E-state index in [1.54, 1.807) is 0 Å². The highest BCUT2D eigenvalue weighted by Gasteiger charge is 2.38. The molecule has 2 unspecified atom stereocenters. The quantitative estimate of drug-likeness (QED) is 0.405. The molecule has 0 aliphatic carbocycles. The smallest absolute Gasteiger partial charge is 0.271 e. The lowest BCUT2D eigenvalue weighted by molar-refractivity contribution is 0.0776. The fourth-order valence-corrected chi connectivity index (χ4v) is 3.98. The number of aryl methyl sites for hydroxylation is 1. The van der Waals surface area contributed by atoms with Crippen LogP contribution in [0.25, 0.3) is 11.3 Å². The Morgan fingerprint density at radius 1 is 0.861 bits per heavy atom. The number of carbonyl (C=O) groups excluding carboxylic acids is 1. The molecule has 5 heteroatoms. The van der Waals surface area contributed by atoms with E-state index in [1.165, 1.54) is 11.1 Å². The van der Waals surface area contributed by atoms with Gasteiger partial charge in [-0.3, -0.25) is 9.89 Å². The van der Waals surface area contributed by atoms with E-state index in [0.717, 1.165) is 11.3 Å². The number of carbonyl (C=O) groups is 1. The van der Waals surface area contributed by atoms with Crippen LogP contribution in [0.4, 0.5) is 0 Å². The summed E-state index contributed by atoms with van der Waals surface area (Å²) < 4.78 is 0. The maximum atomic E-state index is 13.1. The molecule has 1 amide bonds. The third-order valence-electron chi connectivity index (χ3n) is 5.62. The highest BCUT2D eigenvalue weighted by Crippen LogP contribution is 2.31. The third-order valence-corrected chi connectivity index (χ3v) is 5.62. The number of likely N-dealkylation sites (N-methyl/N-ethyl adjacent to an activating group) is 1. The number of aromatic amines is 1. The number of benzene rings is 2. The summed E-state index contributed by atoms with van der Waals surface area (Å²) in [6.07, 6.45) is 0. The molecule has 2 atom stereocenters. The normalized spacial score (nSPS) is 15.7. The van der Waals surface area contributed by atoms with Crippen molar-refractivity contribution in [2.75, 3.05) is 27.2 Å². The van der Waals surface area contributed by atoms with Crippen molar-refractivity contribution >= 4 is 5.91 Å². The number of hydrogen-bond donors (Lipinski definition) is 1. The van der Waals surface area contributed by atoms with Crippen molar-refractivity contribution in [2.24, 2.45) is 0 Å². The molecule has 0 bridgehead atoms. The number of rotatable bonds is 4. The molecule has 1 aromatic heterocycles. The van der Waals surface area contributed by atoms with Gasteiger partial charge in [0.25, 0.3) is 5.91 Å². The van der Waals surface area contributed by atoms with E-state index in [0.29, 0.717) is 30.7 Å². The van der Waals surface area contributed by atoms with Crippen molar-refractivity contribution < 1.29 is 4.79 Å². The van der Waals surface area contributed by atoms with Gasteiger partial charge in [-0.1, -0.05) is 116 Å². The highest BCUT2D eigenvalue weighted by atomic mass is 16.2. The first-order chi connectivity index (χ1) is 17.5. The lowest BCUT2D eigenvalue weighted by Gasteiger charge is -2.25. The Hall–Kier alpha value is -2.92. The highest BCUT2D eigenvalue weighted by molar-refractivity contribution is 5.93. The van der Waals surface area contributed by atoms with E-state index < -0.39 is 0 Å². The molecule has 4 rings (SSSR count). The van der Waals surface area contributed by atoms with Gasteiger partial charge in [0, 0.05) is 30.6 Å². The molecule has 0 spiro atoms. The van der Waals surface area contributed by atoms with Crippen LogP contribution in [0.1, 0.15) is 82.9 Å². The summed E-state index contributed by atoms with van der Waals surface area (Å²) in [5.74, 6) is 0.312. The lowest BCUT2D eigenvalue weighted by Crippen LogP contribution is -2.36. The average Bonchev–Trinajstić information content (AvgIpc) is 3.63. The number of hydrogen-bond acceptors (Lipinski definition) is 3. The summed E-state index contributed by atoms with van der Waals surface area (Å²) in [6.45, 7) is 19.5. The number of aromatic nitrogens is 2. The monoisotopic (exact) mass is 494 g/mol. The number of nitrogens with zero attached hydrogens (tertiary/aromatic N) is 3. The number of nitrogens with one attached hydrogen (secondary N) is 1. The molecule has 2 heterocycles. The van der Waals surface area contributed by atoms with Crippen LogP contribution in [0, 0.1) is 6.92 Å². The summed E-state index contributed by atoms with van der Waals surface area (Å²) in [7, 11) is 4.17. The molecule has 0 saturated carbocycles. The number of amides is 1. The van der Waals surface area contributed by atoms with Crippen LogP contribution in [0.2, 0.25) is 0 Å². The third kappa shape index (κ3) is 8.94. The Balaban J connectivity index is 0.00000140. The van der Waals surface area contributed by atoms with Gasteiger partial charge in [-0.2, -0.15) is 5.10 Å². The lowest BCUT2D eigenvalue weighted by atomic mass is 9.93. The van der Waals surface area contributed by atoms with E-state index in [2.05, 4.69) is 60.4 Å². The molecule has 1 fully saturated rings. The van der Waals surface area contributed by atoms with Gasteiger partial charge in [0.15, 0.2) is 0 Å². The molecule has 2 aromatic carbocycles. The van der Waals surface area contributed by atoms with E-state index in [4.69, 9.17) is 0 Å². The molecule has 1 N–H and O–H groups in total. The first-order valence-electron chi connectivity index (χ1n) is 13.7. The predicted molar refractivity (Wildman–Crippen MR) is 157 cm³/mol. The Labute approximate surface area is 220 Å². The molecular weight excluding hydrogens is 444 g/mol. The molecule has 1 aliphatic heterocycles. The topological polar surface area (TPSA) is 52.2 Å². The van der Waals surface area contributed by atoms with E-state index in [1.807, 2.05) is 96.7 Å². The van der Waals surface area contributed by atoms with Crippen LogP contribution in [-0.4, -0.2) is 59.1 Å². The van der Waals surface area contributed by atoms with Gasteiger partial charge in [-0.15, -0.1) is 0 Å². The van der Waals surface area contributed by atoms with Crippen molar-refractivity contribution in [2.45, 2.75) is 74.3 Å². The summed E-state index contributed by atoms with van der Waals surface area (Å²) >= 11 is 0. The molecule has 5 nitrogen and oxygen atoms in total. The average molecular weight is 495 g/mol. The van der Waals surface area contributed by atoms with Crippen LogP contribution in [0.15, 0.2) is 60.7 Å². The van der Waals surface area contributed by atoms with Gasteiger partial charge in [0.2, 0.25) is 0 Å². The van der Waals surface area contributed by atoms with Crippen molar-refractivity contribution in [3.8, 4) is 11.3 Å². The predicted octanol–water partition coefficient (Wildman–Crippen LogP) is 7.66. The Morgan fingerprint density at radius 3 is 1.94 bits per heavy atom. The first-order valence-corrected chi connectivity index (χ1v) is 13.7. The number of likely N-dealkylation sites (tertiary alicyclic amines) is 1. The minimum atomic E-state index is 0.0103. The van der Waals surface area contributed by atoms with Crippen LogP contribution in [0.3, 0.4) is 0 Å². The van der Waals surface area contributed by atoms with Gasteiger partial charge >= 0.3 is 0 Å². The SMILES string of the molecule is CC.CC.CC.CC.Cc1ccc(C2CN(C(=O)c3cc(-c4ccccc4)n[nH]3)CC2N(C)C)cc1. The fourth-order valence-electron chi connectivity index (χ4n) is 3.98. The largest absolute Gasteiger partial charge is 0.335 e. The summed E-state index contributed by atoms with van der Waals surface area (Å²) in [4.78, 5) is 17.3. The van der Waals surface area contributed by atoms with Crippen LogP contribution < -0.4 is 0 Å². The fraction of sp³-hybridized carbons (Fsp3) is 0.484. The van der Waals surface area contributed by atoms with Gasteiger partial charge in [-0.25, -0.2) is 0 Å². The van der Waals surface area contributed by atoms with Crippen LogP contribution in [0.5, 0.6) is 0 Å². The van der Waals surface area contributed by atoms with Crippen molar-refractivity contribution in [1.29, 1.82) is 0 Å². The van der Waals surface area contributed by atoms with E-state index in [-0.39, 0.29) is 5.91 Å². The molecule has 200 valence electrons. The number of H-pyrrole nitrogens is 1. The van der Waals surface area contributed by atoms with Gasteiger partial charge < -0.3 is 9.80 Å². The zero-order chi connectivity index (χ0) is 27.7. The van der Waals surface area contributed by atoms with Crippen LogP contribution >= 0.6 is 0 Å². The first kappa shape index (κ1) is 33.1. The van der Waals surface area contributed by atoms with Gasteiger partial charge in [0.1, 0.15) is 5.69 Å². The second-order valence-electron chi connectivity index (χ2n) is 7.79. The molecule has 36 heavy (non-hydrogen) atoms. The van der Waals surface area contributed by atoms with Gasteiger partial charge in [-0.05, 0) is 32.6 Å². The maximum Gasteiger partial charge on any atom is 0.271 e. The van der Waals surface area contributed by atoms with E-state index >= 15 is 0 Å². The second kappa shape index (κ2) is 18.4. The zero-order valence-electron chi connectivity index (χ0n) is 24.6. The summed E-state index contributed by atoms with van der Waals surface area (Å²) in [5, 5.41) is 7.27. The summed E-state index contributed by atoms with van der Waals surface area (Å²) in [5.41, 5.74) is 4.88. The van der Waals surface area contributed by atoms with Crippen molar-refractivity contribution in [3.63, 3.8) is 0 Å². The van der Waals surface area contributed by atoms with Gasteiger partial charge in [0.05, 0.1) is 5.69 Å². The van der Waals surface area contributed by atoms with E-state index in [9.17, 15) is 4.79 Å². The maximum absolute atomic E-state index is 13.1. The molecule has 1 saturated heterocycles. The Kier molecular flexibility index (Phi) is 16.9. The standard InChI is InChI=1S/C23H26N4O.4C2H6/c1-16-9-11-17(12-10-16)19-14-27(15-22(19)26(2)3)23(28)21-13-20(24-25-21)18-7-5-4-6-8-18;4*1-2/h4-13,19,22H,14-15H2,1-3H3,(H,24,25);4*1-2H3. The minimum absolute atomic E-state index is 0.0103. The van der Waals surface area contributed by atoms with Crippen molar-refractivity contribution in [1.82, 2.24) is 20.0 Å². The second-order valence-corrected chi connectivity index (χ2v) is 7.79. The molecule has 1 aliphatic rings. The summed E-state index contributed by atoms with van der Waals surface area (Å²) in [6, 6.07) is 20.7. The molecule has 0 radical (unpaired) electrons. The zero-order valence-corrected chi connectivity index (χ0v) is 24.6. The molecular formula is C31H50N4O. The minimum Gasteiger partial charge on any atom is -0.335 e.